The van der Waals surface area contributed by atoms with Gasteiger partial charge < -0.3 is 14.4 Å². The van der Waals surface area contributed by atoms with Crippen molar-refractivity contribution in [1.29, 1.82) is 0 Å². The molecule has 3 aromatic rings. The molecular weight excluding hydrogens is 404 g/mol. The van der Waals surface area contributed by atoms with Crippen LogP contribution in [-0.4, -0.2) is 47.7 Å². The molecule has 2 amide bonds. The van der Waals surface area contributed by atoms with E-state index in [1.807, 2.05) is 91.0 Å². The van der Waals surface area contributed by atoms with Gasteiger partial charge in [-0.3, -0.25) is 4.90 Å². The molecule has 2 saturated heterocycles. The fraction of sp³-hybridized carbons (Fsp3) is 0.231. The molecule has 1 unspecified atom stereocenters. The lowest BCUT2D eigenvalue weighted by atomic mass is 9.79. The van der Waals surface area contributed by atoms with E-state index in [2.05, 4.69) is 0 Å². The normalized spacial score (nSPS) is 19.2. The number of carbonyl (C=O) groups excluding carboxylic acids is 2. The van der Waals surface area contributed by atoms with Crippen molar-refractivity contribution in [2.75, 3.05) is 19.6 Å². The number of fused-ring (bicyclic) bond motifs is 1. The molecule has 0 aromatic heterocycles. The Balaban J connectivity index is 1.45. The molecule has 2 aliphatic heterocycles. The van der Waals surface area contributed by atoms with E-state index in [4.69, 9.17) is 9.47 Å². The second kappa shape index (κ2) is 8.38. The van der Waals surface area contributed by atoms with Gasteiger partial charge in [-0.1, -0.05) is 91.0 Å². The highest BCUT2D eigenvalue weighted by molar-refractivity contribution is 5.75. The van der Waals surface area contributed by atoms with Gasteiger partial charge in [0.1, 0.15) is 12.6 Å². The summed E-state index contributed by atoms with van der Waals surface area (Å²) in [6.07, 6.45) is -0.747. The first-order valence-electron chi connectivity index (χ1n) is 10.7. The van der Waals surface area contributed by atoms with E-state index < -0.39 is 5.60 Å². The minimum absolute atomic E-state index is 0.211. The van der Waals surface area contributed by atoms with Crippen LogP contribution in [-0.2, 0) is 21.7 Å². The summed E-state index contributed by atoms with van der Waals surface area (Å²) in [5, 5.41) is 0. The van der Waals surface area contributed by atoms with Crippen LogP contribution in [0.3, 0.4) is 0 Å². The van der Waals surface area contributed by atoms with Crippen LogP contribution in [0, 0.1) is 0 Å². The Morgan fingerprint density at radius 1 is 0.875 bits per heavy atom. The highest BCUT2D eigenvalue weighted by atomic mass is 16.6. The van der Waals surface area contributed by atoms with Crippen LogP contribution in [0.1, 0.15) is 16.7 Å². The zero-order valence-corrected chi connectivity index (χ0v) is 17.6. The second-order valence-corrected chi connectivity index (χ2v) is 8.03. The number of ether oxygens (including phenoxy) is 2. The van der Waals surface area contributed by atoms with Crippen molar-refractivity contribution < 1.29 is 19.1 Å². The number of piperazine rings is 1. The third-order valence-electron chi connectivity index (χ3n) is 6.20. The number of carbonyl (C=O) groups is 2. The zero-order chi connectivity index (χ0) is 22.0. The Morgan fingerprint density at radius 3 is 2.03 bits per heavy atom. The third-order valence-corrected chi connectivity index (χ3v) is 6.20. The Bertz CT molecular complexity index is 1050. The minimum Gasteiger partial charge on any atom is -0.445 e. The predicted molar refractivity (Wildman–Crippen MR) is 119 cm³/mol. The molecule has 0 aliphatic carbocycles. The predicted octanol–water partition coefficient (Wildman–Crippen LogP) is 4.40. The van der Waals surface area contributed by atoms with Gasteiger partial charge >= 0.3 is 12.2 Å². The van der Waals surface area contributed by atoms with Gasteiger partial charge in [-0.2, -0.15) is 0 Å². The van der Waals surface area contributed by atoms with Crippen molar-refractivity contribution in [2.24, 2.45) is 0 Å². The van der Waals surface area contributed by atoms with Crippen molar-refractivity contribution in [2.45, 2.75) is 18.2 Å². The van der Waals surface area contributed by atoms with E-state index in [1.54, 1.807) is 9.80 Å². The number of hydrogen-bond donors (Lipinski definition) is 0. The van der Waals surface area contributed by atoms with Crippen LogP contribution >= 0.6 is 0 Å². The molecular formula is C26H24N2O4. The number of rotatable bonds is 4. The number of cyclic esters (lactones) is 1. The molecule has 162 valence electrons. The van der Waals surface area contributed by atoms with Gasteiger partial charge in [0.05, 0.1) is 0 Å². The summed E-state index contributed by atoms with van der Waals surface area (Å²) in [5.74, 6) is 0. The van der Waals surface area contributed by atoms with Gasteiger partial charge in [-0.25, -0.2) is 9.59 Å². The summed E-state index contributed by atoms with van der Waals surface area (Å²) in [6.45, 7) is 1.33. The Hall–Kier alpha value is -3.80. The van der Waals surface area contributed by atoms with E-state index in [1.165, 1.54) is 0 Å². The van der Waals surface area contributed by atoms with Crippen molar-refractivity contribution in [1.82, 2.24) is 9.80 Å². The monoisotopic (exact) mass is 428 g/mol. The summed E-state index contributed by atoms with van der Waals surface area (Å²) >= 11 is 0. The van der Waals surface area contributed by atoms with Crippen molar-refractivity contribution >= 4 is 12.2 Å². The van der Waals surface area contributed by atoms with Crippen LogP contribution in [0.5, 0.6) is 0 Å². The molecule has 0 radical (unpaired) electrons. The molecule has 0 bridgehead atoms. The molecule has 6 nitrogen and oxygen atoms in total. The molecule has 0 N–H and O–H groups in total. The average molecular weight is 428 g/mol. The number of hydrogen-bond acceptors (Lipinski definition) is 4. The summed E-state index contributed by atoms with van der Waals surface area (Å²) in [7, 11) is 0. The Morgan fingerprint density at radius 2 is 1.44 bits per heavy atom. The van der Waals surface area contributed by atoms with Gasteiger partial charge in [-0.15, -0.1) is 0 Å². The van der Waals surface area contributed by atoms with Crippen molar-refractivity contribution in [3.8, 4) is 0 Å². The van der Waals surface area contributed by atoms with Crippen LogP contribution in [0.25, 0.3) is 0 Å². The van der Waals surface area contributed by atoms with Crippen LogP contribution in [0.4, 0.5) is 9.59 Å². The van der Waals surface area contributed by atoms with E-state index in [0.29, 0.717) is 19.6 Å². The maximum absolute atomic E-state index is 12.9. The fourth-order valence-electron chi connectivity index (χ4n) is 4.63. The maximum atomic E-state index is 12.9. The smallest absolute Gasteiger partial charge is 0.411 e. The number of nitrogens with zero attached hydrogens (tertiary/aromatic N) is 2. The summed E-state index contributed by atoms with van der Waals surface area (Å²) in [5.41, 5.74) is 1.69. The lowest BCUT2D eigenvalue weighted by Gasteiger charge is -2.41. The molecule has 6 heteroatoms. The zero-order valence-electron chi connectivity index (χ0n) is 17.6. The molecule has 0 spiro atoms. The summed E-state index contributed by atoms with van der Waals surface area (Å²) in [6, 6.07) is 28.7. The number of amides is 2. The molecule has 1 atom stereocenters. The highest BCUT2D eigenvalue weighted by Crippen LogP contribution is 2.45. The number of benzene rings is 3. The van der Waals surface area contributed by atoms with E-state index >= 15 is 0 Å². The first-order valence-corrected chi connectivity index (χ1v) is 10.7. The minimum atomic E-state index is -1.00. The molecule has 32 heavy (non-hydrogen) atoms. The fourth-order valence-corrected chi connectivity index (χ4v) is 4.63. The standard InChI is InChI=1S/C26H24N2O4/c29-24(31-19-20-10-4-1-5-11-20)27-16-17-28-23(18-27)26(32-25(28)30,21-12-6-2-7-13-21)22-14-8-3-9-15-22/h1-15,23H,16-19H2. The SMILES string of the molecule is O=C(OCc1ccccc1)N1CCN2C(=O)OC(c3ccccc3)(c3ccccc3)C2C1. The lowest BCUT2D eigenvalue weighted by Crippen LogP contribution is -2.58. The lowest BCUT2D eigenvalue weighted by molar-refractivity contribution is 0.0341. The molecule has 3 aromatic carbocycles. The van der Waals surface area contributed by atoms with Crippen molar-refractivity contribution in [3.63, 3.8) is 0 Å². The van der Waals surface area contributed by atoms with Crippen LogP contribution in [0.2, 0.25) is 0 Å². The van der Waals surface area contributed by atoms with Gasteiger partial charge in [0, 0.05) is 30.8 Å². The maximum Gasteiger partial charge on any atom is 0.411 e. The molecule has 2 aliphatic rings. The highest BCUT2D eigenvalue weighted by Gasteiger charge is 2.58. The molecule has 2 fully saturated rings. The molecule has 0 saturated carbocycles. The van der Waals surface area contributed by atoms with Crippen LogP contribution < -0.4 is 0 Å². The largest absolute Gasteiger partial charge is 0.445 e. The Kier molecular flexibility index (Phi) is 5.27. The van der Waals surface area contributed by atoms with Gasteiger partial charge in [0.15, 0.2) is 5.60 Å². The first kappa shape index (κ1) is 20.1. The van der Waals surface area contributed by atoms with Crippen molar-refractivity contribution in [3.05, 3.63) is 108 Å². The van der Waals surface area contributed by atoms with Gasteiger partial charge in [0.25, 0.3) is 0 Å². The first-order chi connectivity index (χ1) is 15.7. The summed E-state index contributed by atoms with van der Waals surface area (Å²) < 4.78 is 11.7. The van der Waals surface area contributed by atoms with Crippen LogP contribution in [0.15, 0.2) is 91.0 Å². The van der Waals surface area contributed by atoms with E-state index in [-0.39, 0.29) is 24.8 Å². The molecule has 2 heterocycles. The van der Waals surface area contributed by atoms with E-state index in [0.717, 1.165) is 16.7 Å². The Labute approximate surface area is 187 Å². The quantitative estimate of drug-likeness (QED) is 0.618. The molecule has 5 rings (SSSR count). The van der Waals surface area contributed by atoms with E-state index in [9.17, 15) is 9.59 Å². The average Bonchev–Trinajstić information content (AvgIpc) is 3.17. The van der Waals surface area contributed by atoms with Gasteiger partial charge in [0.2, 0.25) is 0 Å². The van der Waals surface area contributed by atoms with Gasteiger partial charge in [-0.05, 0) is 5.56 Å². The third kappa shape index (κ3) is 3.47. The second-order valence-electron chi connectivity index (χ2n) is 8.03. The topological polar surface area (TPSA) is 59.1 Å². The summed E-state index contributed by atoms with van der Waals surface area (Å²) in [4.78, 5) is 29.2.